The molecule has 0 saturated heterocycles. The largest absolute Gasteiger partial charge is 0.491 e. The maximum absolute atomic E-state index is 6.26. The fourth-order valence-electron chi connectivity index (χ4n) is 3.78. The monoisotopic (exact) mass is 275 g/mol. The van der Waals surface area contributed by atoms with Gasteiger partial charge in [-0.3, -0.25) is 0 Å². The molecule has 2 unspecified atom stereocenters. The van der Waals surface area contributed by atoms with Crippen LogP contribution in [-0.2, 0) is 4.74 Å². The van der Waals surface area contributed by atoms with Crippen molar-refractivity contribution < 1.29 is 9.47 Å². The topological polar surface area (TPSA) is 44.5 Å². The highest BCUT2D eigenvalue weighted by atomic mass is 16.5. The van der Waals surface area contributed by atoms with E-state index >= 15 is 0 Å². The Morgan fingerprint density at radius 3 is 2.50 bits per heavy atom. The van der Waals surface area contributed by atoms with Gasteiger partial charge in [0, 0.05) is 11.5 Å². The van der Waals surface area contributed by atoms with Crippen molar-refractivity contribution in [1.29, 1.82) is 0 Å². The first-order chi connectivity index (χ1) is 9.81. The van der Waals surface area contributed by atoms with Gasteiger partial charge >= 0.3 is 0 Å². The van der Waals surface area contributed by atoms with Crippen molar-refractivity contribution in [2.24, 2.45) is 11.1 Å². The van der Waals surface area contributed by atoms with Crippen LogP contribution in [0.1, 0.15) is 38.5 Å². The van der Waals surface area contributed by atoms with Crippen LogP contribution in [0.5, 0.6) is 5.75 Å². The van der Waals surface area contributed by atoms with Crippen LogP contribution in [0, 0.1) is 5.41 Å². The van der Waals surface area contributed by atoms with E-state index in [1.807, 2.05) is 30.3 Å². The molecule has 0 bridgehead atoms. The molecule has 1 aromatic rings. The first kappa shape index (κ1) is 13.9. The van der Waals surface area contributed by atoms with E-state index in [0.29, 0.717) is 25.4 Å². The molecule has 20 heavy (non-hydrogen) atoms. The summed E-state index contributed by atoms with van der Waals surface area (Å²) in [6.45, 7) is 1.28. The van der Waals surface area contributed by atoms with Gasteiger partial charge in [-0.1, -0.05) is 37.5 Å². The first-order valence-electron chi connectivity index (χ1n) is 7.86. The second kappa shape index (κ2) is 6.15. The van der Waals surface area contributed by atoms with E-state index in [9.17, 15) is 0 Å². The van der Waals surface area contributed by atoms with Gasteiger partial charge in [-0.25, -0.2) is 0 Å². The molecule has 3 heteroatoms. The molecule has 0 aliphatic heterocycles. The van der Waals surface area contributed by atoms with Crippen LogP contribution < -0.4 is 10.5 Å². The van der Waals surface area contributed by atoms with Crippen LogP contribution in [0.3, 0.4) is 0 Å². The fourth-order valence-corrected chi connectivity index (χ4v) is 3.78. The summed E-state index contributed by atoms with van der Waals surface area (Å²) in [4.78, 5) is 0. The zero-order chi connectivity index (χ0) is 13.8. The van der Waals surface area contributed by atoms with Gasteiger partial charge in [0.2, 0.25) is 0 Å². The Morgan fingerprint density at radius 2 is 1.80 bits per heavy atom. The van der Waals surface area contributed by atoms with Crippen molar-refractivity contribution in [1.82, 2.24) is 0 Å². The van der Waals surface area contributed by atoms with Crippen LogP contribution in [0.15, 0.2) is 30.3 Å². The summed E-state index contributed by atoms with van der Waals surface area (Å²) in [6.07, 6.45) is 7.86. The normalized spacial score (nSPS) is 28.1. The molecule has 2 aliphatic carbocycles. The van der Waals surface area contributed by atoms with Crippen LogP contribution in [0.25, 0.3) is 0 Å². The van der Waals surface area contributed by atoms with Crippen molar-refractivity contribution in [3.8, 4) is 5.75 Å². The van der Waals surface area contributed by atoms with Gasteiger partial charge in [-0.05, 0) is 31.4 Å². The lowest BCUT2D eigenvalue weighted by molar-refractivity contribution is -0.146. The number of benzene rings is 1. The molecule has 2 saturated carbocycles. The van der Waals surface area contributed by atoms with E-state index in [1.165, 1.54) is 32.1 Å². The lowest BCUT2D eigenvalue weighted by Crippen LogP contribution is -2.63. The molecule has 3 nitrogen and oxygen atoms in total. The van der Waals surface area contributed by atoms with Crippen molar-refractivity contribution >= 4 is 0 Å². The SMILES string of the molecule is NC1CC(OCCOc2ccccc2)C12CCCCC2. The Bertz CT molecular complexity index is 414. The number of hydrogen-bond acceptors (Lipinski definition) is 3. The Balaban J connectivity index is 1.42. The third-order valence-corrected chi connectivity index (χ3v) is 5.05. The molecule has 2 fully saturated rings. The molecular formula is C17H25NO2. The highest BCUT2D eigenvalue weighted by molar-refractivity contribution is 5.20. The van der Waals surface area contributed by atoms with Crippen LogP contribution in [0.2, 0.25) is 0 Å². The zero-order valence-corrected chi connectivity index (χ0v) is 12.1. The van der Waals surface area contributed by atoms with Crippen molar-refractivity contribution in [3.63, 3.8) is 0 Å². The van der Waals surface area contributed by atoms with Crippen LogP contribution in [0.4, 0.5) is 0 Å². The summed E-state index contributed by atoms with van der Waals surface area (Å²) in [5.74, 6) is 0.911. The minimum Gasteiger partial charge on any atom is -0.491 e. The second-order valence-electron chi connectivity index (χ2n) is 6.16. The van der Waals surface area contributed by atoms with Gasteiger partial charge in [0.15, 0.2) is 0 Å². The molecule has 0 heterocycles. The molecule has 110 valence electrons. The molecule has 1 spiro atoms. The Kier molecular flexibility index (Phi) is 4.27. The average molecular weight is 275 g/mol. The second-order valence-corrected chi connectivity index (χ2v) is 6.16. The maximum atomic E-state index is 6.26. The predicted molar refractivity (Wildman–Crippen MR) is 79.8 cm³/mol. The molecule has 0 radical (unpaired) electrons. The van der Waals surface area contributed by atoms with E-state index < -0.39 is 0 Å². The lowest BCUT2D eigenvalue weighted by atomic mass is 9.55. The average Bonchev–Trinajstić information content (AvgIpc) is 2.52. The highest BCUT2D eigenvalue weighted by Crippen LogP contribution is 2.52. The summed E-state index contributed by atoms with van der Waals surface area (Å²) < 4.78 is 11.7. The predicted octanol–water partition coefficient (Wildman–Crippen LogP) is 3.13. The standard InChI is InChI=1S/C17H25NO2/c18-15-13-16(17(15)9-5-2-6-10-17)20-12-11-19-14-7-3-1-4-8-14/h1,3-4,7-8,15-16H,2,5-6,9-13,18H2. The smallest absolute Gasteiger partial charge is 0.119 e. The third kappa shape index (κ3) is 2.70. The quantitative estimate of drug-likeness (QED) is 0.840. The number of hydrogen-bond donors (Lipinski definition) is 1. The maximum Gasteiger partial charge on any atom is 0.119 e. The zero-order valence-electron chi connectivity index (χ0n) is 12.1. The summed E-state index contributed by atoms with van der Waals surface area (Å²) in [7, 11) is 0. The van der Waals surface area contributed by atoms with Crippen molar-refractivity contribution in [2.45, 2.75) is 50.7 Å². The third-order valence-electron chi connectivity index (χ3n) is 5.05. The van der Waals surface area contributed by atoms with Gasteiger partial charge in [-0.15, -0.1) is 0 Å². The molecule has 3 rings (SSSR count). The van der Waals surface area contributed by atoms with E-state index in [2.05, 4.69) is 0 Å². The lowest BCUT2D eigenvalue weighted by Gasteiger charge is -2.56. The van der Waals surface area contributed by atoms with Gasteiger partial charge < -0.3 is 15.2 Å². The van der Waals surface area contributed by atoms with Gasteiger partial charge in [0.1, 0.15) is 12.4 Å². The highest BCUT2D eigenvalue weighted by Gasteiger charge is 2.53. The van der Waals surface area contributed by atoms with Crippen molar-refractivity contribution in [3.05, 3.63) is 30.3 Å². The molecular weight excluding hydrogens is 250 g/mol. The summed E-state index contributed by atoms with van der Waals surface area (Å²) in [6, 6.07) is 10.3. The Hall–Kier alpha value is -1.06. The van der Waals surface area contributed by atoms with E-state index in [1.54, 1.807) is 0 Å². The van der Waals surface area contributed by atoms with E-state index in [-0.39, 0.29) is 5.41 Å². The molecule has 2 aliphatic rings. The van der Waals surface area contributed by atoms with Crippen molar-refractivity contribution in [2.75, 3.05) is 13.2 Å². The summed E-state index contributed by atoms with van der Waals surface area (Å²) in [5, 5.41) is 0. The van der Waals surface area contributed by atoms with Gasteiger partial charge in [0.25, 0.3) is 0 Å². The Morgan fingerprint density at radius 1 is 1.05 bits per heavy atom. The van der Waals surface area contributed by atoms with E-state index in [0.717, 1.165) is 12.2 Å². The van der Waals surface area contributed by atoms with Gasteiger partial charge in [0.05, 0.1) is 12.7 Å². The minimum absolute atomic E-state index is 0.283. The number of nitrogens with two attached hydrogens (primary N) is 1. The molecule has 2 atom stereocenters. The number of ether oxygens (including phenoxy) is 2. The van der Waals surface area contributed by atoms with Gasteiger partial charge in [-0.2, -0.15) is 0 Å². The minimum atomic E-state index is 0.283. The fraction of sp³-hybridized carbons (Fsp3) is 0.647. The molecule has 1 aromatic carbocycles. The van der Waals surface area contributed by atoms with Crippen LogP contribution in [-0.4, -0.2) is 25.4 Å². The molecule has 0 aromatic heterocycles. The molecule has 2 N–H and O–H groups in total. The number of rotatable bonds is 5. The Labute approximate surface area is 121 Å². The van der Waals surface area contributed by atoms with Crippen LogP contribution >= 0.6 is 0 Å². The summed E-state index contributed by atoms with van der Waals surface area (Å²) >= 11 is 0. The number of para-hydroxylation sites is 1. The first-order valence-corrected chi connectivity index (χ1v) is 7.86. The van der Waals surface area contributed by atoms with E-state index in [4.69, 9.17) is 15.2 Å². The molecule has 0 amide bonds. The summed E-state index contributed by atoms with van der Waals surface area (Å²) in [5.41, 5.74) is 6.55.